The molecule has 3 nitrogen and oxygen atoms in total. The molecule has 1 atom stereocenters. The van der Waals surface area contributed by atoms with E-state index in [1.807, 2.05) is 16.8 Å². The van der Waals surface area contributed by atoms with Crippen LogP contribution in [0.4, 0.5) is 0 Å². The molecule has 0 aliphatic carbocycles. The van der Waals surface area contributed by atoms with Crippen LogP contribution in [0.1, 0.15) is 31.2 Å². The van der Waals surface area contributed by atoms with E-state index < -0.39 is 0 Å². The molecule has 0 N–H and O–H groups in total. The van der Waals surface area contributed by atoms with Gasteiger partial charge in [-0.3, -0.25) is 0 Å². The summed E-state index contributed by atoms with van der Waals surface area (Å²) in [7, 11) is 0. The zero-order valence-electron chi connectivity index (χ0n) is 10.4. The highest BCUT2D eigenvalue weighted by molar-refractivity contribution is 9.10. The number of ether oxygens (including phenoxy) is 1. The fourth-order valence-electron chi connectivity index (χ4n) is 2.49. The number of benzene rings is 1. The fourth-order valence-corrected chi connectivity index (χ4v) is 3.39. The van der Waals surface area contributed by atoms with Crippen molar-refractivity contribution in [2.75, 3.05) is 6.61 Å². The molecule has 2 aromatic rings. The van der Waals surface area contributed by atoms with Gasteiger partial charge in [0.05, 0.1) is 16.2 Å². The lowest BCUT2D eigenvalue weighted by Gasteiger charge is -2.23. The summed E-state index contributed by atoms with van der Waals surface area (Å²) >= 11 is 9.84. The third-order valence-electron chi connectivity index (χ3n) is 3.37. The van der Waals surface area contributed by atoms with E-state index in [0.29, 0.717) is 5.02 Å². The van der Waals surface area contributed by atoms with Crippen LogP contribution in [0.15, 0.2) is 23.2 Å². The van der Waals surface area contributed by atoms with E-state index in [1.165, 1.54) is 0 Å². The molecule has 5 heteroatoms. The van der Waals surface area contributed by atoms with E-state index >= 15 is 0 Å². The van der Waals surface area contributed by atoms with E-state index in [-0.39, 0.29) is 6.23 Å². The average Bonchev–Trinajstić information content (AvgIpc) is 2.78. The summed E-state index contributed by atoms with van der Waals surface area (Å²) in [6.07, 6.45) is 4.97. The number of aromatic nitrogens is 2. The van der Waals surface area contributed by atoms with Crippen LogP contribution < -0.4 is 0 Å². The highest BCUT2D eigenvalue weighted by atomic mass is 79.9. The molecule has 1 saturated heterocycles. The lowest BCUT2D eigenvalue weighted by molar-refractivity contribution is -0.0367. The smallest absolute Gasteiger partial charge is 0.150 e. The van der Waals surface area contributed by atoms with E-state index in [1.54, 1.807) is 6.08 Å². The molecule has 0 radical (unpaired) electrons. The normalized spacial score (nSPS) is 19.8. The van der Waals surface area contributed by atoms with E-state index in [2.05, 4.69) is 27.6 Å². The largest absolute Gasteiger partial charge is 0.356 e. The number of nitrogens with zero attached hydrogens (tertiary/aromatic N) is 2. The molecule has 1 aromatic heterocycles. The van der Waals surface area contributed by atoms with E-state index in [9.17, 15) is 0 Å². The van der Waals surface area contributed by atoms with Gasteiger partial charge in [-0.25, -0.2) is 4.68 Å². The van der Waals surface area contributed by atoms with Crippen molar-refractivity contribution in [2.45, 2.75) is 25.5 Å². The second-order valence-corrected chi connectivity index (χ2v) is 5.96. The minimum atomic E-state index is -0.0244. The van der Waals surface area contributed by atoms with Gasteiger partial charge in [-0.1, -0.05) is 34.1 Å². The topological polar surface area (TPSA) is 27.1 Å². The number of hydrogen-bond donors (Lipinski definition) is 0. The highest BCUT2D eigenvalue weighted by Gasteiger charge is 2.22. The second kappa shape index (κ2) is 5.27. The lowest BCUT2D eigenvalue weighted by atomic mass is 10.1. The maximum absolute atomic E-state index is 6.38. The predicted molar refractivity (Wildman–Crippen MR) is 81.4 cm³/mol. The maximum Gasteiger partial charge on any atom is 0.150 e. The van der Waals surface area contributed by atoms with Gasteiger partial charge >= 0.3 is 0 Å². The first kappa shape index (κ1) is 13.2. The van der Waals surface area contributed by atoms with Crippen LogP contribution >= 0.6 is 27.5 Å². The lowest BCUT2D eigenvalue weighted by Crippen LogP contribution is -2.19. The molecule has 1 aliphatic rings. The number of hydrogen-bond acceptors (Lipinski definition) is 2. The van der Waals surface area contributed by atoms with E-state index in [4.69, 9.17) is 16.3 Å². The van der Waals surface area contributed by atoms with Crippen molar-refractivity contribution in [3.8, 4) is 0 Å². The van der Waals surface area contributed by atoms with Gasteiger partial charge < -0.3 is 4.74 Å². The van der Waals surface area contributed by atoms with Crippen molar-refractivity contribution in [1.82, 2.24) is 9.78 Å². The summed E-state index contributed by atoms with van der Waals surface area (Å²) in [5.74, 6) is 0. The first-order chi connectivity index (χ1) is 9.20. The number of fused-ring (bicyclic) bond motifs is 1. The Morgan fingerprint density at radius 3 is 3.00 bits per heavy atom. The molecule has 1 aliphatic heterocycles. The third-order valence-corrected chi connectivity index (χ3v) is 4.12. The predicted octanol–water partition coefficient (Wildman–Crippen LogP) is 4.79. The summed E-state index contributed by atoms with van der Waals surface area (Å²) in [6.45, 7) is 4.61. The molecule has 1 aromatic carbocycles. The van der Waals surface area contributed by atoms with Crippen molar-refractivity contribution in [3.63, 3.8) is 0 Å². The highest BCUT2D eigenvalue weighted by Crippen LogP contribution is 2.34. The number of halogens is 2. The maximum atomic E-state index is 6.38. The van der Waals surface area contributed by atoms with Crippen LogP contribution in [0.25, 0.3) is 17.0 Å². The van der Waals surface area contributed by atoms with Crippen LogP contribution in [-0.2, 0) is 4.74 Å². The molecule has 0 spiro atoms. The van der Waals surface area contributed by atoms with Gasteiger partial charge in [0.15, 0.2) is 6.23 Å². The Bertz CT molecular complexity index is 632. The zero-order chi connectivity index (χ0) is 13.4. The Kier molecular flexibility index (Phi) is 3.65. The molecule has 19 heavy (non-hydrogen) atoms. The van der Waals surface area contributed by atoms with Gasteiger partial charge in [0, 0.05) is 16.5 Å². The van der Waals surface area contributed by atoms with Gasteiger partial charge in [-0.05, 0) is 37.5 Å². The molecule has 1 fully saturated rings. The fraction of sp³-hybridized carbons (Fsp3) is 0.357. The average molecular weight is 342 g/mol. The first-order valence-corrected chi connectivity index (χ1v) is 7.49. The summed E-state index contributed by atoms with van der Waals surface area (Å²) in [5, 5.41) is 6.28. The molecule has 0 bridgehead atoms. The standard InChI is InChI=1S/C14H14BrClN2O/c1-2-12-10-7-9(15)8-11(16)14(10)18(17-12)13-5-3-4-6-19-13/h2,7-8,13H,1,3-6H2. The molecule has 3 rings (SSSR count). The molecule has 0 saturated carbocycles. The van der Waals surface area contributed by atoms with Crippen molar-refractivity contribution < 1.29 is 4.74 Å². The minimum absolute atomic E-state index is 0.0244. The molecular formula is C14H14BrClN2O. The van der Waals surface area contributed by atoms with Crippen molar-refractivity contribution >= 4 is 44.5 Å². The van der Waals surface area contributed by atoms with E-state index in [0.717, 1.165) is 46.9 Å². The Morgan fingerprint density at radius 1 is 1.47 bits per heavy atom. The van der Waals surface area contributed by atoms with Crippen LogP contribution in [0.5, 0.6) is 0 Å². The van der Waals surface area contributed by atoms with Gasteiger partial charge in [0.25, 0.3) is 0 Å². The molecule has 1 unspecified atom stereocenters. The first-order valence-electron chi connectivity index (χ1n) is 6.32. The van der Waals surface area contributed by atoms with Crippen molar-refractivity contribution in [3.05, 3.63) is 33.9 Å². The van der Waals surface area contributed by atoms with Crippen molar-refractivity contribution in [1.29, 1.82) is 0 Å². The Labute approximate surface area is 125 Å². The molecular weight excluding hydrogens is 328 g/mol. The Hall–Kier alpha value is -0.840. The molecule has 0 amide bonds. The van der Waals surface area contributed by atoms with Gasteiger partial charge in [-0.15, -0.1) is 0 Å². The van der Waals surface area contributed by atoms with Gasteiger partial charge in [0.1, 0.15) is 0 Å². The third kappa shape index (κ3) is 2.33. The van der Waals surface area contributed by atoms with Gasteiger partial charge in [0.2, 0.25) is 0 Å². The Morgan fingerprint density at radius 2 is 2.32 bits per heavy atom. The Balaban J connectivity index is 2.21. The second-order valence-electron chi connectivity index (χ2n) is 4.64. The van der Waals surface area contributed by atoms with Gasteiger partial charge in [-0.2, -0.15) is 5.10 Å². The summed E-state index contributed by atoms with van der Waals surface area (Å²) < 4.78 is 8.66. The SMILES string of the molecule is C=Cc1nn(C2CCCCO2)c2c(Cl)cc(Br)cc12. The van der Waals surface area contributed by atoms with Crippen molar-refractivity contribution in [2.24, 2.45) is 0 Å². The monoisotopic (exact) mass is 340 g/mol. The van der Waals surface area contributed by atoms with Crippen LogP contribution in [-0.4, -0.2) is 16.4 Å². The minimum Gasteiger partial charge on any atom is -0.356 e. The van der Waals surface area contributed by atoms with Crippen LogP contribution in [0.3, 0.4) is 0 Å². The molecule has 100 valence electrons. The zero-order valence-corrected chi connectivity index (χ0v) is 12.7. The summed E-state index contributed by atoms with van der Waals surface area (Å²) in [6, 6.07) is 3.91. The van der Waals surface area contributed by atoms with Crippen LogP contribution in [0, 0.1) is 0 Å². The number of rotatable bonds is 2. The molecule has 2 heterocycles. The summed E-state index contributed by atoms with van der Waals surface area (Å²) in [5.41, 5.74) is 1.76. The quantitative estimate of drug-likeness (QED) is 0.785. The van der Waals surface area contributed by atoms with Crippen LogP contribution in [0.2, 0.25) is 5.02 Å². The summed E-state index contributed by atoms with van der Waals surface area (Å²) in [4.78, 5) is 0.